The van der Waals surface area contributed by atoms with Crippen LogP contribution in [0.3, 0.4) is 0 Å². The molecule has 0 N–H and O–H groups in total. The van der Waals surface area contributed by atoms with Crippen molar-refractivity contribution in [3.63, 3.8) is 0 Å². The Labute approximate surface area is 139 Å². The van der Waals surface area contributed by atoms with Crippen molar-refractivity contribution in [2.45, 2.75) is 13.3 Å². The van der Waals surface area contributed by atoms with Crippen molar-refractivity contribution in [2.24, 2.45) is 0 Å². The largest absolute Gasteiger partial charge is 0.492 e. The molecule has 2 nitrogen and oxygen atoms in total. The van der Waals surface area contributed by atoms with Gasteiger partial charge in [0.1, 0.15) is 11.6 Å². The summed E-state index contributed by atoms with van der Waals surface area (Å²) < 4.78 is 19.8. The molecule has 0 unspecified atom stereocenters. The average Bonchev–Trinajstić information content (AvgIpc) is 2.45. The molecule has 0 saturated carbocycles. The van der Waals surface area contributed by atoms with Crippen molar-refractivity contribution in [2.75, 3.05) is 6.61 Å². The molecule has 110 valence electrons. The van der Waals surface area contributed by atoms with E-state index in [2.05, 4.69) is 31.9 Å². The second kappa shape index (κ2) is 7.18. The summed E-state index contributed by atoms with van der Waals surface area (Å²) in [6.45, 7) is 2.65. The average molecular weight is 416 g/mol. The van der Waals surface area contributed by atoms with Crippen molar-refractivity contribution in [3.8, 4) is 5.75 Å². The first-order valence-corrected chi connectivity index (χ1v) is 8.03. The van der Waals surface area contributed by atoms with E-state index in [1.165, 1.54) is 18.2 Å². The number of carbonyl (C=O) groups is 1. The van der Waals surface area contributed by atoms with Gasteiger partial charge in [0.05, 0.1) is 11.1 Å². The molecule has 0 aromatic heterocycles. The van der Waals surface area contributed by atoms with Crippen LogP contribution in [0.1, 0.15) is 29.3 Å². The second-order valence-electron chi connectivity index (χ2n) is 4.45. The van der Waals surface area contributed by atoms with E-state index in [9.17, 15) is 9.18 Å². The fraction of sp³-hybridized carbons (Fsp3) is 0.188. The zero-order chi connectivity index (χ0) is 15.4. The molecule has 0 fully saturated rings. The number of halogens is 3. The Kier molecular flexibility index (Phi) is 5.53. The van der Waals surface area contributed by atoms with Crippen LogP contribution in [-0.2, 0) is 0 Å². The third-order valence-electron chi connectivity index (χ3n) is 2.83. The Morgan fingerprint density at radius 3 is 2.52 bits per heavy atom. The van der Waals surface area contributed by atoms with Gasteiger partial charge in [0.2, 0.25) is 0 Å². The molecule has 2 aromatic rings. The molecule has 0 amide bonds. The Hall–Kier alpha value is -1.20. The third-order valence-corrected chi connectivity index (χ3v) is 4.11. The third kappa shape index (κ3) is 3.92. The van der Waals surface area contributed by atoms with Crippen LogP contribution < -0.4 is 4.74 Å². The first-order valence-electron chi connectivity index (χ1n) is 6.45. The molecule has 0 aliphatic carbocycles. The fourth-order valence-electron chi connectivity index (χ4n) is 1.80. The lowest BCUT2D eigenvalue weighted by atomic mass is 10.0. The van der Waals surface area contributed by atoms with Gasteiger partial charge in [-0.05, 0) is 74.7 Å². The zero-order valence-electron chi connectivity index (χ0n) is 11.3. The van der Waals surface area contributed by atoms with E-state index in [1.807, 2.05) is 6.92 Å². The van der Waals surface area contributed by atoms with E-state index in [0.717, 1.165) is 10.9 Å². The number of benzene rings is 2. The number of rotatable bonds is 5. The minimum Gasteiger partial charge on any atom is -0.492 e. The lowest BCUT2D eigenvalue weighted by Crippen LogP contribution is -2.03. The summed E-state index contributed by atoms with van der Waals surface area (Å²) in [6.07, 6.45) is 0.912. The Morgan fingerprint density at radius 1 is 1.14 bits per heavy atom. The minimum atomic E-state index is -0.386. The predicted molar refractivity (Wildman–Crippen MR) is 87.5 cm³/mol. The molecular weight excluding hydrogens is 403 g/mol. The molecule has 5 heteroatoms. The Bertz CT molecular complexity index is 671. The topological polar surface area (TPSA) is 26.3 Å². The number of carbonyl (C=O) groups excluding carboxylic acids is 1. The molecule has 2 aromatic carbocycles. The summed E-state index contributed by atoms with van der Waals surface area (Å²) in [6, 6.07) is 9.19. The predicted octanol–water partition coefficient (Wildman–Crippen LogP) is 5.37. The molecule has 0 radical (unpaired) electrons. The molecule has 0 aliphatic heterocycles. The maximum atomic E-state index is 13.1. The van der Waals surface area contributed by atoms with Crippen LogP contribution in [0.25, 0.3) is 0 Å². The molecular formula is C16H13Br2FO2. The molecule has 2 rings (SSSR count). The van der Waals surface area contributed by atoms with Crippen molar-refractivity contribution in [3.05, 3.63) is 62.3 Å². The van der Waals surface area contributed by atoms with Crippen LogP contribution in [0.2, 0.25) is 0 Å². The monoisotopic (exact) mass is 414 g/mol. The van der Waals surface area contributed by atoms with Crippen LogP contribution in [0.5, 0.6) is 5.75 Å². The summed E-state index contributed by atoms with van der Waals surface area (Å²) in [5.74, 6) is 0.138. The van der Waals surface area contributed by atoms with Crippen molar-refractivity contribution in [1.82, 2.24) is 0 Å². The smallest absolute Gasteiger partial charge is 0.194 e. The highest BCUT2D eigenvalue weighted by Gasteiger charge is 2.15. The zero-order valence-corrected chi connectivity index (χ0v) is 14.5. The number of hydrogen-bond donors (Lipinski definition) is 0. The molecule has 0 aliphatic rings. The van der Waals surface area contributed by atoms with Gasteiger partial charge >= 0.3 is 0 Å². The molecule has 0 heterocycles. The normalized spacial score (nSPS) is 10.5. The van der Waals surface area contributed by atoms with Crippen LogP contribution in [-0.4, -0.2) is 12.4 Å². The number of ether oxygens (including phenoxy) is 1. The van der Waals surface area contributed by atoms with E-state index in [-0.39, 0.29) is 11.6 Å². The van der Waals surface area contributed by atoms with Gasteiger partial charge in [-0.25, -0.2) is 4.39 Å². The SMILES string of the molecule is CCCOc1ccc(C(=O)c2ccc(F)cc2Br)cc1Br. The van der Waals surface area contributed by atoms with Gasteiger partial charge in [-0.15, -0.1) is 0 Å². The lowest BCUT2D eigenvalue weighted by Gasteiger charge is -2.09. The maximum Gasteiger partial charge on any atom is 0.194 e. The van der Waals surface area contributed by atoms with Crippen LogP contribution in [0, 0.1) is 5.82 Å². The summed E-state index contributed by atoms with van der Waals surface area (Å²) >= 11 is 6.61. The van der Waals surface area contributed by atoms with Gasteiger partial charge in [-0.3, -0.25) is 4.79 Å². The van der Waals surface area contributed by atoms with E-state index >= 15 is 0 Å². The van der Waals surface area contributed by atoms with E-state index < -0.39 is 0 Å². The second-order valence-corrected chi connectivity index (χ2v) is 6.16. The summed E-state index contributed by atoms with van der Waals surface area (Å²) in [5.41, 5.74) is 0.934. The summed E-state index contributed by atoms with van der Waals surface area (Å²) in [5, 5.41) is 0. The van der Waals surface area contributed by atoms with Crippen LogP contribution in [0.15, 0.2) is 45.3 Å². The lowest BCUT2D eigenvalue weighted by molar-refractivity contribution is 0.103. The van der Waals surface area contributed by atoms with Gasteiger partial charge in [0, 0.05) is 15.6 Å². The van der Waals surface area contributed by atoms with E-state index in [1.54, 1.807) is 18.2 Å². The molecule has 0 saturated heterocycles. The first kappa shape index (κ1) is 16.2. The van der Waals surface area contributed by atoms with Gasteiger partial charge < -0.3 is 4.74 Å². The molecule has 21 heavy (non-hydrogen) atoms. The first-order chi connectivity index (χ1) is 10.0. The number of hydrogen-bond acceptors (Lipinski definition) is 2. The van der Waals surface area contributed by atoms with Gasteiger partial charge in [0.25, 0.3) is 0 Å². The Morgan fingerprint density at radius 2 is 1.90 bits per heavy atom. The minimum absolute atomic E-state index is 0.176. The summed E-state index contributed by atoms with van der Waals surface area (Å²) in [4.78, 5) is 12.4. The van der Waals surface area contributed by atoms with Crippen molar-refractivity contribution < 1.29 is 13.9 Å². The summed E-state index contributed by atoms with van der Waals surface area (Å²) in [7, 11) is 0. The molecule has 0 spiro atoms. The van der Waals surface area contributed by atoms with Crippen molar-refractivity contribution >= 4 is 37.6 Å². The van der Waals surface area contributed by atoms with E-state index in [0.29, 0.717) is 28.0 Å². The van der Waals surface area contributed by atoms with Gasteiger partial charge in [-0.1, -0.05) is 6.92 Å². The van der Waals surface area contributed by atoms with Crippen LogP contribution in [0.4, 0.5) is 4.39 Å². The standard InChI is InChI=1S/C16H13Br2FO2/c1-2-7-21-15-6-3-10(8-14(15)18)16(20)12-5-4-11(19)9-13(12)17/h3-6,8-9H,2,7H2,1H3. The highest BCUT2D eigenvalue weighted by atomic mass is 79.9. The molecule has 0 atom stereocenters. The van der Waals surface area contributed by atoms with Gasteiger partial charge in [0.15, 0.2) is 5.78 Å². The Balaban J connectivity index is 2.29. The molecule has 0 bridgehead atoms. The quantitative estimate of drug-likeness (QED) is 0.613. The highest BCUT2D eigenvalue weighted by molar-refractivity contribution is 9.10. The fourth-order valence-corrected chi connectivity index (χ4v) is 2.82. The highest BCUT2D eigenvalue weighted by Crippen LogP contribution is 2.28. The van der Waals surface area contributed by atoms with Crippen molar-refractivity contribution in [1.29, 1.82) is 0 Å². The maximum absolute atomic E-state index is 13.1. The van der Waals surface area contributed by atoms with Gasteiger partial charge in [-0.2, -0.15) is 0 Å². The number of ketones is 1. The van der Waals surface area contributed by atoms with E-state index in [4.69, 9.17) is 4.74 Å². The van der Waals surface area contributed by atoms with Crippen LogP contribution >= 0.6 is 31.9 Å².